The molecule has 21 heavy (non-hydrogen) atoms. The van der Waals surface area contributed by atoms with Crippen LogP contribution >= 0.6 is 0 Å². The van der Waals surface area contributed by atoms with Gasteiger partial charge in [-0.2, -0.15) is 0 Å². The minimum absolute atomic E-state index is 0.603. The van der Waals surface area contributed by atoms with E-state index in [2.05, 4.69) is 0 Å². The molecule has 0 saturated carbocycles. The summed E-state index contributed by atoms with van der Waals surface area (Å²) in [5, 5.41) is 17.6. The topological polar surface area (TPSA) is 98.2 Å². The Kier molecular flexibility index (Phi) is 5.29. The molecular formula is C14H18N2O5. The molecule has 1 rings (SSSR count). The Bertz CT molecular complexity index is 554. The Labute approximate surface area is 122 Å². The number of nitrogens with zero attached hydrogens (tertiary/aromatic N) is 2. The van der Waals surface area contributed by atoms with E-state index in [-0.39, 0.29) is 0 Å². The fourth-order valence-electron chi connectivity index (χ4n) is 2.01. The highest BCUT2D eigenvalue weighted by Gasteiger charge is 2.24. The van der Waals surface area contributed by atoms with E-state index in [0.29, 0.717) is 5.69 Å². The van der Waals surface area contributed by atoms with Crippen LogP contribution in [-0.4, -0.2) is 53.2 Å². The Morgan fingerprint density at radius 3 is 2.00 bits per heavy atom. The van der Waals surface area contributed by atoms with E-state index in [0.717, 1.165) is 16.0 Å². The molecule has 0 saturated heterocycles. The van der Waals surface area contributed by atoms with Crippen LogP contribution in [0, 0.1) is 13.8 Å². The van der Waals surface area contributed by atoms with Gasteiger partial charge in [0, 0.05) is 12.7 Å². The average Bonchev–Trinajstić information content (AvgIpc) is 2.35. The number of carbonyl (C=O) groups excluding carboxylic acids is 1. The van der Waals surface area contributed by atoms with Crippen molar-refractivity contribution >= 4 is 23.7 Å². The average molecular weight is 294 g/mol. The summed E-state index contributed by atoms with van der Waals surface area (Å²) in [5.74, 6) is -2.53. The number of carboxylic acids is 2. The van der Waals surface area contributed by atoms with Crippen molar-refractivity contribution in [2.24, 2.45) is 0 Å². The molecule has 0 aliphatic rings. The number of anilines is 1. The van der Waals surface area contributed by atoms with E-state index < -0.39 is 31.1 Å². The van der Waals surface area contributed by atoms with E-state index in [1.807, 2.05) is 26.0 Å². The zero-order chi connectivity index (χ0) is 16.2. The Morgan fingerprint density at radius 1 is 1.05 bits per heavy atom. The lowest BCUT2D eigenvalue weighted by Crippen LogP contribution is -2.46. The second-order valence-electron chi connectivity index (χ2n) is 4.78. The third kappa shape index (κ3) is 4.48. The highest BCUT2D eigenvalue weighted by atomic mass is 16.4. The minimum Gasteiger partial charge on any atom is -0.480 e. The normalized spacial score (nSPS) is 10.0. The predicted molar refractivity (Wildman–Crippen MR) is 76.6 cm³/mol. The molecule has 0 unspecified atom stereocenters. The van der Waals surface area contributed by atoms with Crippen LogP contribution in [0.2, 0.25) is 0 Å². The van der Waals surface area contributed by atoms with Crippen molar-refractivity contribution in [3.63, 3.8) is 0 Å². The van der Waals surface area contributed by atoms with Crippen molar-refractivity contribution in [2.45, 2.75) is 13.8 Å². The molecule has 2 N–H and O–H groups in total. The number of aryl methyl sites for hydroxylation is 2. The smallest absolute Gasteiger partial charge is 0.325 e. The first-order valence-electron chi connectivity index (χ1n) is 6.26. The van der Waals surface area contributed by atoms with Crippen LogP contribution in [0.3, 0.4) is 0 Å². The van der Waals surface area contributed by atoms with Gasteiger partial charge in [0.15, 0.2) is 0 Å². The second-order valence-corrected chi connectivity index (χ2v) is 4.78. The lowest BCUT2D eigenvalue weighted by Gasteiger charge is -2.27. The maximum absolute atomic E-state index is 12.3. The van der Waals surface area contributed by atoms with Gasteiger partial charge in [-0.15, -0.1) is 0 Å². The van der Waals surface area contributed by atoms with Gasteiger partial charge >= 0.3 is 18.0 Å². The van der Waals surface area contributed by atoms with Crippen LogP contribution in [0.25, 0.3) is 0 Å². The van der Waals surface area contributed by atoms with Crippen LogP contribution in [0.4, 0.5) is 10.5 Å². The summed E-state index contributed by atoms with van der Waals surface area (Å²) < 4.78 is 0. The van der Waals surface area contributed by atoms with Gasteiger partial charge in [0.2, 0.25) is 0 Å². The van der Waals surface area contributed by atoms with Gasteiger partial charge in [-0.05, 0) is 25.5 Å². The van der Waals surface area contributed by atoms with E-state index >= 15 is 0 Å². The zero-order valence-electron chi connectivity index (χ0n) is 12.2. The first-order valence-corrected chi connectivity index (χ1v) is 6.26. The van der Waals surface area contributed by atoms with Gasteiger partial charge < -0.3 is 15.1 Å². The Morgan fingerprint density at radius 2 is 1.57 bits per heavy atom. The second kappa shape index (κ2) is 6.74. The van der Waals surface area contributed by atoms with Crippen LogP contribution in [0.5, 0.6) is 0 Å². The third-order valence-electron chi connectivity index (χ3n) is 2.92. The summed E-state index contributed by atoms with van der Waals surface area (Å²) in [6, 6.07) is 4.78. The van der Waals surface area contributed by atoms with Crippen molar-refractivity contribution in [2.75, 3.05) is 25.0 Å². The molecule has 0 aliphatic heterocycles. The summed E-state index contributed by atoms with van der Waals surface area (Å²) in [7, 11) is 1.48. The number of hydrogen-bond acceptors (Lipinski definition) is 3. The highest BCUT2D eigenvalue weighted by molar-refractivity contribution is 5.95. The largest absolute Gasteiger partial charge is 0.480 e. The molecule has 1 aromatic rings. The molecule has 0 atom stereocenters. The molecule has 0 spiro atoms. The van der Waals surface area contributed by atoms with Gasteiger partial charge in [0.25, 0.3) is 0 Å². The standard InChI is InChI=1S/C14H18N2O5/c1-9-4-5-11(10(2)6-9)15(3)14(21)16(7-12(17)18)8-13(19)20/h4-6H,7-8H2,1-3H3,(H,17,18)(H,19,20). The van der Waals surface area contributed by atoms with E-state index in [9.17, 15) is 14.4 Å². The number of rotatable bonds is 5. The van der Waals surface area contributed by atoms with Gasteiger partial charge in [-0.1, -0.05) is 17.7 Å². The number of benzene rings is 1. The summed E-state index contributed by atoms with van der Waals surface area (Å²) >= 11 is 0. The maximum Gasteiger partial charge on any atom is 0.325 e. The number of aliphatic carboxylic acids is 2. The Balaban J connectivity index is 3.01. The molecule has 0 aliphatic carbocycles. The molecule has 0 radical (unpaired) electrons. The molecule has 0 fully saturated rings. The maximum atomic E-state index is 12.3. The predicted octanol–water partition coefficient (Wildman–Crippen LogP) is 1.33. The molecule has 0 bridgehead atoms. The molecule has 0 heterocycles. The number of urea groups is 1. The molecule has 7 heteroatoms. The molecule has 2 amide bonds. The Hall–Kier alpha value is -2.57. The van der Waals surface area contributed by atoms with Crippen molar-refractivity contribution in [3.8, 4) is 0 Å². The fourth-order valence-corrected chi connectivity index (χ4v) is 2.01. The molecular weight excluding hydrogens is 276 g/mol. The summed E-state index contributed by atoms with van der Waals surface area (Å²) in [6.07, 6.45) is 0. The first-order chi connectivity index (χ1) is 9.72. The monoisotopic (exact) mass is 294 g/mol. The van der Waals surface area contributed by atoms with Crippen molar-refractivity contribution in [1.82, 2.24) is 4.90 Å². The van der Waals surface area contributed by atoms with E-state index in [1.165, 1.54) is 11.9 Å². The van der Waals surface area contributed by atoms with Crippen molar-refractivity contribution < 1.29 is 24.6 Å². The number of amides is 2. The third-order valence-corrected chi connectivity index (χ3v) is 2.92. The molecule has 114 valence electrons. The number of carboxylic acid groups (broad SMARTS) is 2. The summed E-state index contributed by atoms with van der Waals surface area (Å²) in [6.45, 7) is 2.41. The van der Waals surface area contributed by atoms with Gasteiger partial charge in [0.1, 0.15) is 13.1 Å². The number of hydrogen-bond donors (Lipinski definition) is 2. The highest BCUT2D eigenvalue weighted by Crippen LogP contribution is 2.21. The summed E-state index contributed by atoms with van der Waals surface area (Å²) in [5.41, 5.74) is 2.48. The van der Waals surface area contributed by atoms with Crippen molar-refractivity contribution in [1.29, 1.82) is 0 Å². The van der Waals surface area contributed by atoms with Gasteiger partial charge in [-0.3, -0.25) is 14.5 Å². The lowest BCUT2D eigenvalue weighted by molar-refractivity contribution is -0.140. The van der Waals surface area contributed by atoms with Crippen LogP contribution in [0.1, 0.15) is 11.1 Å². The minimum atomic E-state index is -1.27. The van der Waals surface area contributed by atoms with Crippen LogP contribution in [-0.2, 0) is 9.59 Å². The molecule has 0 aromatic heterocycles. The fraction of sp³-hybridized carbons (Fsp3) is 0.357. The van der Waals surface area contributed by atoms with Crippen molar-refractivity contribution in [3.05, 3.63) is 29.3 Å². The number of carbonyl (C=O) groups is 3. The molecule has 1 aromatic carbocycles. The quantitative estimate of drug-likeness (QED) is 0.853. The van der Waals surface area contributed by atoms with Crippen LogP contribution in [0.15, 0.2) is 18.2 Å². The summed E-state index contributed by atoms with van der Waals surface area (Å²) in [4.78, 5) is 35.8. The lowest BCUT2D eigenvalue weighted by atomic mass is 10.1. The van der Waals surface area contributed by atoms with Gasteiger partial charge in [0.05, 0.1) is 0 Å². The van der Waals surface area contributed by atoms with Gasteiger partial charge in [-0.25, -0.2) is 4.79 Å². The van der Waals surface area contributed by atoms with E-state index in [4.69, 9.17) is 10.2 Å². The zero-order valence-corrected chi connectivity index (χ0v) is 12.2. The SMILES string of the molecule is Cc1ccc(N(C)C(=O)N(CC(=O)O)CC(=O)O)c(C)c1. The van der Waals surface area contributed by atoms with Crippen LogP contribution < -0.4 is 4.90 Å². The first kappa shape index (κ1) is 16.5. The molecule has 7 nitrogen and oxygen atoms in total. The van der Waals surface area contributed by atoms with E-state index in [1.54, 1.807) is 6.07 Å².